The number of rotatable bonds is 3. The Balaban J connectivity index is 1.82. The minimum absolute atomic E-state index is 0.0713. The highest BCUT2D eigenvalue weighted by Gasteiger charge is 2.10. The number of hydrogen-bond donors (Lipinski definition) is 3. The Kier molecular flexibility index (Phi) is 5.04. The molecule has 0 heterocycles. The van der Waals surface area contributed by atoms with E-state index in [2.05, 4.69) is 16.7 Å². The zero-order valence-corrected chi connectivity index (χ0v) is 11.9. The van der Waals surface area contributed by atoms with Crippen LogP contribution in [0.5, 0.6) is 5.75 Å². The van der Waals surface area contributed by atoms with E-state index in [0.717, 1.165) is 5.56 Å². The molecule has 108 valence electrons. The SMILES string of the molecule is Cc1ccc(O)c(NC(=O)N/C=C/C2CCCCC2)c1. The molecule has 1 saturated carbocycles. The van der Waals surface area contributed by atoms with Crippen molar-refractivity contribution in [1.82, 2.24) is 5.32 Å². The van der Waals surface area contributed by atoms with Crippen molar-refractivity contribution in [2.75, 3.05) is 5.32 Å². The number of benzene rings is 1. The van der Waals surface area contributed by atoms with Gasteiger partial charge in [0, 0.05) is 6.20 Å². The summed E-state index contributed by atoms with van der Waals surface area (Å²) in [7, 11) is 0. The third-order valence-corrected chi connectivity index (χ3v) is 3.63. The van der Waals surface area contributed by atoms with Crippen LogP contribution in [0.3, 0.4) is 0 Å². The predicted octanol–water partition coefficient (Wildman–Crippen LogP) is 3.92. The summed E-state index contributed by atoms with van der Waals surface area (Å²) in [4.78, 5) is 11.7. The van der Waals surface area contributed by atoms with Crippen LogP contribution in [0.15, 0.2) is 30.5 Å². The number of aromatic hydroxyl groups is 1. The van der Waals surface area contributed by atoms with E-state index < -0.39 is 0 Å². The molecule has 1 aromatic carbocycles. The van der Waals surface area contributed by atoms with Crippen molar-refractivity contribution in [1.29, 1.82) is 0 Å². The van der Waals surface area contributed by atoms with Crippen molar-refractivity contribution in [2.24, 2.45) is 5.92 Å². The summed E-state index contributed by atoms with van der Waals surface area (Å²) < 4.78 is 0. The first-order chi connectivity index (χ1) is 9.65. The van der Waals surface area contributed by atoms with Gasteiger partial charge in [0.25, 0.3) is 0 Å². The van der Waals surface area contributed by atoms with Gasteiger partial charge in [-0.15, -0.1) is 0 Å². The molecule has 1 aliphatic rings. The summed E-state index contributed by atoms with van der Waals surface area (Å²) in [5, 5.41) is 15.0. The minimum atomic E-state index is -0.335. The van der Waals surface area contributed by atoms with E-state index in [4.69, 9.17) is 0 Å². The fourth-order valence-corrected chi connectivity index (χ4v) is 2.49. The second-order valence-corrected chi connectivity index (χ2v) is 5.38. The Labute approximate surface area is 119 Å². The Morgan fingerprint density at radius 1 is 1.30 bits per heavy atom. The number of carbonyl (C=O) groups is 1. The monoisotopic (exact) mass is 274 g/mol. The van der Waals surface area contributed by atoms with Crippen LogP contribution in [0.4, 0.5) is 10.5 Å². The van der Waals surface area contributed by atoms with Gasteiger partial charge in [-0.25, -0.2) is 4.79 Å². The van der Waals surface area contributed by atoms with Crippen molar-refractivity contribution in [3.63, 3.8) is 0 Å². The molecule has 0 bridgehead atoms. The molecule has 0 radical (unpaired) electrons. The number of nitrogens with one attached hydrogen (secondary N) is 2. The number of phenolic OH excluding ortho intramolecular Hbond substituents is 1. The Bertz CT molecular complexity index is 491. The lowest BCUT2D eigenvalue weighted by atomic mass is 9.89. The maximum atomic E-state index is 11.7. The summed E-state index contributed by atoms with van der Waals surface area (Å²) in [6, 6.07) is 4.77. The van der Waals surface area contributed by atoms with Gasteiger partial charge < -0.3 is 15.7 Å². The van der Waals surface area contributed by atoms with Gasteiger partial charge >= 0.3 is 6.03 Å². The molecule has 2 rings (SSSR count). The Morgan fingerprint density at radius 3 is 2.80 bits per heavy atom. The number of phenols is 1. The average molecular weight is 274 g/mol. The Hall–Kier alpha value is -1.97. The van der Waals surface area contributed by atoms with Crippen molar-refractivity contribution < 1.29 is 9.90 Å². The van der Waals surface area contributed by atoms with E-state index in [9.17, 15) is 9.90 Å². The van der Waals surface area contributed by atoms with Gasteiger partial charge in [-0.05, 0) is 43.4 Å². The van der Waals surface area contributed by atoms with Gasteiger partial charge in [-0.3, -0.25) is 0 Å². The topological polar surface area (TPSA) is 61.4 Å². The average Bonchev–Trinajstić information content (AvgIpc) is 2.44. The van der Waals surface area contributed by atoms with E-state index in [1.54, 1.807) is 24.4 Å². The summed E-state index contributed by atoms with van der Waals surface area (Å²) >= 11 is 0. The van der Waals surface area contributed by atoms with Crippen molar-refractivity contribution >= 4 is 11.7 Å². The fourth-order valence-electron chi connectivity index (χ4n) is 2.49. The lowest BCUT2D eigenvalue weighted by Crippen LogP contribution is -2.24. The first-order valence-electron chi connectivity index (χ1n) is 7.19. The molecule has 1 aliphatic carbocycles. The number of amides is 2. The molecule has 20 heavy (non-hydrogen) atoms. The molecule has 0 saturated heterocycles. The van der Waals surface area contributed by atoms with E-state index in [-0.39, 0.29) is 11.8 Å². The van der Waals surface area contributed by atoms with Crippen LogP contribution in [0, 0.1) is 12.8 Å². The second kappa shape index (κ2) is 6.98. The molecule has 0 unspecified atom stereocenters. The zero-order valence-electron chi connectivity index (χ0n) is 11.9. The van der Waals surface area contributed by atoms with Crippen LogP contribution in [-0.4, -0.2) is 11.1 Å². The fraction of sp³-hybridized carbons (Fsp3) is 0.438. The molecule has 0 spiro atoms. The highest BCUT2D eigenvalue weighted by Crippen LogP contribution is 2.25. The quantitative estimate of drug-likeness (QED) is 0.732. The molecule has 4 nitrogen and oxygen atoms in total. The zero-order chi connectivity index (χ0) is 14.4. The molecule has 1 fully saturated rings. The summed E-state index contributed by atoms with van der Waals surface area (Å²) in [6.07, 6.45) is 10.1. The van der Waals surface area contributed by atoms with Crippen molar-refractivity contribution in [3.8, 4) is 5.75 Å². The van der Waals surface area contributed by atoms with Crippen molar-refractivity contribution in [3.05, 3.63) is 36.0 Å². The van der Waals surface area contributed by atoms with Gasteiger partial charge in [0.15, 0.2) is 0 Å². The third-order valence-electron chi connectivity index (χ3n) is 3.63. The summed E-state index contributed by atoms with van der Waals surface area (Å²) in [5.74, 6) is 0.651. The first-order valence-corrected chi connectivity index (χ1v) is 7.19. The first kappa shape index (κ1) is 14.4. The number of aryl methyl sites for hydroxylation is 1. The highest BCUT2D eigenvalue weighted by atomic mass is 16.3. The molecule has 2 amide bonds. The number of anilines is 1. The molecular weight excluding hydrogens is 252 g/mol. The van der Waals surface area contributed by atoms with Crippen LogP contribution in [0.2, 0.25) is 0 Å². The maximum absolute atomic E-state index is 11.7. The van der Waals surface area contributed by atoms with Gasteiger partial charge in [-0.1, -0.05) is 31.4 Å². The molecule has 3 N–H and O–H groups in total. The van der Waals surface area contributed by atoms with Crippen LogP contribution in [0.1, 0.15) is 37.7 Å². The van der Waals surface area contributed by atoms with Crippen LogP contribution >= 0.6 is 0 Å². The normalized spacial score (nSPS) is 16.2. The van der Waals surface area contributed by atoms with Crippen LogP contribution in [0.25, 0.3) is 0 Å². The third kappa shape index (κ3) is 4.30. The van der Waals surface area contributed by atoms with E-state index in [1.165, 1.54) is 32.1 Å². The summed E-state index contributed by atoms with van der Waals surface area (Å²) in [6.45, 7) is 1.91. The van der Waals surface area contributed by atoms with Gasteiger partial charge in [0.05, 0.1) is 5.69 Å². The smallest absolute Gasteiger partial charge is 0.323 e. The van der Waals surface area contributed by atoms with Crippen LogP contribution < -0.4 is 10.6 Å². The van der Waals surface area contributed by atoms with E-state index in [0.29, 0.717) is 11.6 Å². The standard InChI is InChI=1S/C16H22N2O2/c1-12-7-8-15(19)14(11-12)18-16(20)17-10-9-13-5-3-2-4-6-13/h7-11,13,19H,2-6H2,1H3,(H2,17,18,20)/b10-9+. The lowest BCUT2D eigenvalue weighted by molar-refractivity contribution is 0.255. The Morgan fingerprint density at radius 2 is 2.05 bits per heavy atom. The second-order valence-electron chi connectivity index (χ2n) is 5.38. The van der Waals surface area contributed by atoms with Gasteiger partial charge in [0.1, 0.15) is 5.75 Å². The maximum Gasteiger partial charge on any atom is 0.323 e. The van der Waals surface area contributed by atoms with E-state index >= 15 is 0 Å². The molecular formula is C16H22N2O2. The van der Waals surface area contributed by atoms with Gasteiger partial charge in [0.2, 0.25) is 0 Å². The molecule has 0 aliphatic heterocycles. The molecule has 0 atom stereocenters. The molecule has 4 heteroatoms. The van der Waals surface area contributed by atoms with Crippen molar-refractivity contribution in [2.45, 2.75) is 39.0 Å². The largest absolute Gasteiger partial charge is 0.506 e. The number of carbonyl (C=O) groups excluding carboxylic acids is 1. The van der Waals surface area contributed by atoms with E-state index in [1.807, 2.05) is 6.92 Å². The number of hydrogen-bond acceptors (Lipinski definition) is 2. The molecule has 1 aromatic rings. The highest BCUT2D eigenvalue weighted by molar-refractivity contribution is 5.91. The predicted molar refractivity (Wildman–Crippen MR) is 80.7 cm³/mol. The lowest BCUT2D eigenvalue weighted by Gasteiger charge is -2.17. The number of allylic oxidation sites excluding steroid dienone is 1. The molecule has 0 aromatic heterocycles. The van der Waals surface area contributed by atoms with Crippen LogP contribution in [-0.2, 0) is 0 Å². The van der Waals surface area contributed by atoms with Gasteiger partial charge in [-0.2, -0.15) is 0 Å². The summed E-state index contributed by atoms with van der Waals surface area (Å²) in [5.41, 5.74) is 1.41. The minimum Gasteiger partial charge on any atom is -0.506 e. The number of urea groups is 1.